The van der Waals surface area contributed by atoms with Crippen molar-refractivity contribution in [3.05, 3.63) is 33.9 Å². The number of benzene rings is 1. The molecule has 1 rings (SSSR count). The molecule has 0 aromatic heterocycles. The van der Waals surface area contributed by atoms with E-state index in [0.717, 1.165) is 5.56 Å². The van der Waals surface area contributed by atoms with Crippen molar-refractivity contribution >= 4 is 17.2 Å². The minimum absolute atomic E-state index is 0.0187. The molecule has 0 atom stereocenters. The highest BCUT2D eigenvalue weighted by atomic mass is 16.6. The van der Waals surface area contributed by atoms with Crippen molar-refractivity contribution in [3.8, 4) is 0 Å². The number of amidine groups is 1. The summed E-state index contributed by atoms with van der Waals surface area (Å²) in [7, 11) is 0. The Morgan fingerprint density at radius 1 is 1.57 bits per heavy atom. The normalized spacial score (nSPS) is 11.4. The predicted molar refractivity (Wildman–Crippen MR) is 54.8 cm³/mol. The Hall–Kier alpha value is -1.91. The van der Waals surface area contributed by atoms with Crippen molar-refractivity contribution in [2.24, 2.45) is 10.7 Å². The monoisotopic (exact) mass is 193 g/mol. The second kappa shape index (κ2) is 3.87. The predicted octanol–water partition coefficient (Wildman–Crippen LogP) is 1.91. The fraction of sp³-hybridized carbons (Fsp3) is 0.222. The summed E-state index contributed by atoms with van der Waals surface area (Å²) in [4.78, 5) is 14.1. The van der Waals surface area contributed by atoms with E-state index in [-0.39, 0.29) is 5.69 Å². The molecular formula is C9H11N3O2. The van der Waals surface area contributed by atoms with Gasteiger partial charge in [0, 0.05) is 6.07 Å². The fourth-order valence-electron chi connectivity index (χ4n) is 1.06. The van der Waals surface area contributed by atoms with Crippen LogP contribution < -0.4 is 5.73 Å². The highest BCUT2D eigenvalue weighted by molar-refractivity contribution is 5.82. The molecular weight excluding hydrogens is 182 g/mol. The summed E-state index contributed by atoms with van der Waals surface area (Å²) in [6.07, 6.45) is 0. The molecule has 0 saturated carbocycles. The number of nitro benzene ring substituents is 1. The maximum Gasteiger partial charge on any atom is 0.295 e. The van der Waals surface area contributed by atoms with Crippen LogP contribution in [0.3, 0.4) is 0 Å². The molecule has 2 N–H and O–H groups in total. The Morgan fingerprint density at radius 2 is 2.21 bits per heavy atom. The number of nitrogens with zero attached hydrogens (tertiary/aromatic N) is 2. The second-order valence-electron chi connectivity index (χ2n) is 3.00. The lowest BCUT2D eigenvalue weighted by Gasteiger charge is -1.99. The molecule has 0 saturated heterocycles. The van der Waals surface area contributed by atoms with Crippen LogP contribution in [0.25, 0.3) is 0 Å². The van der Waals surface area contributed by atoms with Gasteiger partial charge >= 0.3 is 0 Å². The number of hydrogen-bond donors (Lipinski definition) is 1. The van der Waals surface area contributed by atoms with Gasteiger partial charge < -0.3 is 5.73 Å². The zero-order valence-electron chi connectivity index (χ0n) is 8.02. The van der Waals surface area contributed by atoms with Gasteiger partial charge in [-0.2, -0.15) is 0 Å². The highest BCUT2D eigenvalue weighted by Gasteiger charge is 2.12. The molecule has 5 nitrogen and oxygen atoms in total. The van der Waals surface area contributed by atoms with E-state index in [1.165, 1.54) is 6.07 Å². The van der Waals surface area contributed by atoms with Gasteiger partial charge in [0.2, 0.25) is 0 Å². The smallest absolute Gasteiger partial charge is 0.295 e. The average Bonchev–Trinajstić information content (AvgIpc) is 2.07. The zero-order chi connectivity index (χ0) is 10.7. The average molecular weight is 193 g/mol. The molecule has 1 aromatic carbocycles. The van der Waals surface area contributed by atoms with Gasteiger partial charge in [-0.25, -0.2) is 4.99 Å². The molecule has 0 radical (unpaired) electrons. The van der Waals surface area contributed by atoms with Crippen LogP contribution in [0, 0.1) is 17.0 Å². The first kappa shape index (κ1) is 10.2. The number of nitro groups is 1. The summed E-state index contributed by atoms with van der Waals surface area (Å²) in [6, 6.07) is 4.82. The summed E-state index contributed by atoms with van der Waals surface area (Å²) in [6.45, 7) is 3.37. The zero-order valence-corrected chi connectivity index (χ0v) is 8.02. The van der Waals surface area contributed by atoms with Crippen molar-refractivity contribution in [2.75, 3.05) is 0 Å². The molecule has 5 heteroatoms. The van der Waals surface area contributed by atoms with Crippen LogP contribution in [0.5, 0.6) is 0 Å². The van der Waals surface area contributed by atoms with Gasteiger partial charge in [-0.3, -0.25) is 10.1 Å². The van der Waals surface area contributed by atoms with Crippen molar-refractivity contribution in [3.63, 3.8) is 0 Å². The van der Waals surface area contributed by atoms with Crippen molar-refractivity contribution < 1.29 is 4.92 Å². The van der Waals surface area contributed by atoms with Gasteiger partial charge in [-0.1, -0.05) is 6.07 Å². The summed E-state index contributed by atoms with van der Waals surface area (Å²) in [5.41, 5.74) is 6.46. The number of aliphatic imine (C=N–C) groups is 1. The molecule has 0 heterocycles. The Morgan fingerprint density at radius 3 is 2.71 bits per heavy atom. The minimum atomic E-state index is -0.464. The second-order valence-corrected chi connectivity index (χ2v) is 3.00. The maximum absolute atomic E-state index is 10.7. The van der Waals surface area contributed by atoms with Crippen molar-refractivity contribution in [1.82, 2.24) is 0 Å². The summed E-state index contributed by atoms with van der Waals surface area (Å²) >= 11 is 0. The van der Waals surface area contributed by atoms with Crippen LogP contribution in [-0.4, -0.2) is 10.8 Å². The molecule has 0 aliphatic rings. The molecule has 0 aliphatic carbocycles. The van der Waals surface area contributed by atoms with Gasteiger partial charge in [0.15, 0.2) is 0 Å². The lowest BCUT2D eigenvalue weighted by atomic mass is 10.2. The molecule has 0 amide bonds. The first-order valence-corrected chi connectivity index (χ1v) is 4.06. The van der Waals surface area contributed by atoms with Crippen LogP contribution in [0.1, 0.15) is 12.5 Å². The first-order valence-electron chi connectivity index (χ1n) is 4.06. The van der Waals surface area contributed by atoms with Gasteiger partial charge in [0.1, 0.15) is 5.69 Å². The van der Waals surface area contributed by atoms with E-state index in [4.69, 9.17) is 5.73 Å². The molecule has 0 bridgehead atoms. The van der Waals surface area contributed by atoms with E-state index in [1.807, 2.05) is 0 Å². The van der Waals surface area contributed by atoms with E-state index >= 15 is 0 Å². The molecule has 1 aromatic rings. The summed E-state index contributed by atoms with van der Waals surface area (Å²) < 4.78 is 0. The van der Waals surface area contributed by atoms with Gasteiger partial charge in [0.25, 0.3) is 5.69 Å². The van der Waals surface area contributed by atoms with Crippen LogP contribution >= 0.6 is 0 Å². The van der Waals surface area contributed by atoms with Gasteiger partial charge in [-0.15, -0.1) is 0 Å². The number of nitrogens with two attached hydrogens (primary N) is 1. The molecule has 0 spiro atoms. The Bertz CT molecular complexity index is 395. The lowest BCUT2D eigenvalue weighted by Crippen LogP contribution is -2.04. The van der Waals surface area contributed by atoms with Gasteiger partial charge in [0.05, 0.1) is 10.8 Å². The van der Waals surface area contributed by atoms with E-state index < -0.39 is 4.92 Å². The summed E-state index contributed by atoms with van der Waals surface area (Å²) in [5.74, 6) is 0.303. The minimum Gasteiger partial charge on any atom is -0.387 e. The van der Waals surface area contributed by atoms with Crippen molar-refractivity contribution in [2.45, 2.75) is 13.8 Å². The maximum atomic E-state index is 10.7. The molecule has 0 aliphatic heterocycles. The number of aryl methyl sites for hydroxylation is 1. The van der Waals surface area contributed by atoms with E-state index in [1.54, 1.807) is 26.0 Å². The fourth-order valence-corrected chi connectivity index (χ4v) is 1.06. The number of rotatable bonds is 2. The van der Waals surface area contributed by atoms with Crippen molar-refractivity contribution in [1.29, 1.82) is 0 Å². The molecule has 0 fully saturated rings. The van der Waals surface area contributed by atoms with Crippen LogP contribution in [0.4, 0.5) is 11.4 Å². The van der Waals surface area contributed by atoms with Crippen LogP contribution in [0.2, 0.25) is 0 Å². The third-order valence-corrected chi connectivity index (χ3v) is 1.62. The largest absolute Gasteiger partial charge is 0.387 e. The van der Waals surface area contributed by atoms with Crippen LogP contribution in [0.15, 0.2) is 23.2 Å². The third-order valence-electron chi connectivity index (χ3n) is 1.62. The Labute approximate surface area is 81.4 Å². The quantitative estimate of drug-likeness (QED) is 0.337. The van der Waals surface area contributed by atoms with E-state index in [9.17, 15) is 10.1 Å². The first-order chi connectivity index (χ1) is 6.50. The Balaban J connectivity index is 3.29. The molecule has 0 unspecified atom stereocenters. The Kier molecular flexibility index (Phi) is 2.81. The van der Waals surface area contributed by atoms with E-state index in [0.29, 0.717) is 11.5 Å². The highest BCUT2D eigenvalue weighted by Crippen LogP contribution is 2.27. The topological polar surface area (TPSA) is 81.5 Å². The molecule has 14 heavy (non-hydrogen) atoms. The van der Waals surface area contributed by atoms with Gasteiger partial charge in [-0.05, 0) is 25.5 Å². The standard InChI is InChI=1S/C9H11N3O2/c1-6-3-4-8(11-7(2)10)9(5-6)12(13)14/h3-5H,1-2H3,(H2,10,11). The number of hydrogen-bond acceptors (Lipinski definition) is 3. The molecule has 74 valence electrons. The summed E-state index contributed by atoms with van der Waals surface area (Å²) in [5, 5.41) is 10.7. The lowest BCUT2D eigenvalue weighted by molar-refractivity contribution is -0.384. The van der Waals surface area contributed by atoms with E-state index in [2.05, 4.69) is 4.99 Å². The van der Waals surface area contributed by atoms with Crippen LogP contribution in [-0.2, 0) is 0 Å². The third kappa shape index (κ3) is 2.29. The SMILES string of the molecule is CC(N)=Nc1ccc(C)cc1[N+](=O)[O-].